The van der Waals surface area contributed by atoms with E-state index in [-0.39, 0.29) is 0 Å². The van der Waals surface area contributed by atoms with Gasteiger partial charge >= 0.3 is 0 Å². The minimum atomic E-state index is 0.551. The lowest BCUT2D eigenvalue weighted by molar-refractivity contribution is 0.414. The molecule has 126 valence electrons. The molecule has 1 aromatic carbocycles. The molecule has 0 saturated carbocycles. The van der Waals surface area contributed by atoms with Gasteiger partial charge in [-0.15, -0.1) is 0 Å². The first-order valence-electron chi connectivity index (χ1n) is 7.49. The predicted octanol–water partition coefficient (Wildman–Crippen LogP) is 4.28. The quantitative estimate of drug-likeness (QED) is 0.472. The number of ether oxygens (including phenoxy) is 1. The maximum Gasteiger partial charge on any atom is 0.258 e. The topological polar surface area (TPSA) is 66.0 Å². The number of aromatic nitrogens is 4. The first-order valence-corrected chi connectivity index (χ1v) is 9.42. The van der Waals surface area contributed by atoms with Gasteiger partial charge in [0.15, 0.2) is 11.0 Å². The fourth-order valence-corrected chi connectivity index (χ4v) is 3.73. The van der Waals surface area contributed by atoms with E-state index in [1.807, 2.05) is 51.9 Å². The Morgan fingerprint density at radius 3 is 2.88 bits per heavy atom. The number of nitrogens with zero attached hydrogens (tertiary/aromatic N) is 4. The Hall–Kier alpha value is -2.58. The van der Waals surface area contributed by atoms with Crippen LogP contribution >= 0.6 is 23.1 Å². The Morgan fingerprint density at radius 2 is 2.12 bits per heavy atom. The molecule has 0 aliphatic rings. The van der Waals surface area contributed by atoms with E-state index in [2.05, 4.69) is 15.1 Å². The largest absolute Gasteiger partial charge is 0.497 e. The molecule has 4 rings (SSSR count). The summed E-state index contributed by atoms with van der Waals surface area (Å²) in [6, 6.07) is 9.80. The molecular formula is C17H14N4O2S2. The van der Waals surface area contributed by atoms with Gasteiger partial charge < -0.3 is 9.26 Å². The molecule has 8 heteroatoms. The zero-order chi connectivity index (χ0) is 17.1. The van der Waals surface area contributed by atoms with Crippen LogP contribution in [0.15, 0.2) is 63.2 Å². The maximum atomic E-state index is 5.31. The van der Waals surface area contributed by atoms with Crippen molar-refractivity contribution in [2.45, 2.75) is 10.9 Å². The highest BCUT2D eigenvalue weighted by atomic mass is 32.2. The zero-order valence-electron chi connectivity index (χ0n) is 13.3. The third kappa shape index (κ3) is 3.45. The van der Waals surface area contributed by atoms with Crippen molar-refractivity contribution < 1.29 is 9.26 Å². The first kappa shape index (κ1) is 15.9. The van der Waals surface area contributed by atoms with Gasteiger partial charge in [0.25, 0.3) is 5.89 Å². The number of hydrogen-bond donors (Lipinski definition) is 0. The van der Waals surface area contributed by atoms with Gasteiger partial charge in [-0.05, 0) is 35.7 Å². The first-order chi connectivity index (χ1) is 12.3. The van der Waals surface area contributed by atoms with Gasteiger partial charge in [-0.25, -0.2) is 4.98 Å². The van der Waals surface area contributed by atoms with Gasteiger partial charge in [0.1, 0.15) is 5.75 Å². The van der Waals surface area contributed by atoms with Crippen LogP contribution in [0.25, 0.3) is 17.1 Å². The fourth-order valence-electron chi connectivity index (χ4n) is 2.28. The number of rotatable bonds is 6. The van der Waals surface area contributed by atoms with Crippen LogP contribution in [0, 0.1) is 0 Å². The van der Waals surface area contributed by atoms with Crippen LogP contribution in [0.1, 0.15) is 5.82 Å². The molecule has 3 aromatic heterocycles. The molecule has 0 amide bonds. The molecule has 4 aromatic rings. The third-order valence-electron chi connectivity index (χ3n) is 3.52. The Balaban J connectivity index is 1.48. The lowest BCUT2D eigenvalue weighted by Crippen LogP contribution is -1.96. The lowest BCUT2D eigenvalue weighted by atomic mass is 10.3. The number of thioether (sulfide) groups is 1. The van der Waals surface area contributed by atoms with Crippen LogP contribution in [-0.4, -0.2) is 26.8 Å². The van der Waals surface area contributed by atoms with E-state index in [1.165, 1.54) is 0 Å². The highest BCUT2D eigenvalue weighted by Gasteiger charge is 2.12. The Kier molecular flexibility index (Phi) is 4.53. The van der Waals surface area contributed by atoms with E-state index >= 15 is 0 Å². The molecule has 0 saturated heterocycles. The summed E-state index contributed by atoms with van der Waals surface area (Å²) in [4.78, 5) is 8.85. The van der Waals surface area contributed by atoms with Gasteiger partial charge in [0.05, 0.1) is 18.4 Å². The molecule has 0 fully saturated rings. The van der Waals surface area contributed by atoms with Crippen LogP contribution < -0.4 is 4.74 Å². The van der Waals surface area contributed by atoms with Crippen LogP contribution in [0.2, 0.25) is 0 Å². The van der Waals surface area contributed by atoms with Crippen molar-refractivity contribution in [2.75, 3.05) is 7.11 Å². The zero-order valence-corrected chi connectivity index (χ0v) is 15.0. The molecule has 25 heavy (non-hydrogen) atoms. The molecule has 0 N–H and O–H groups in total. The van der Waals surface area contributed by atoms with E-state index in [0.29, 0.717) is 17.5 Å². The second kappa shape index (κ2) is 7.12. The van der Waals surface area contributed by atoms with Gasteiger partial charge in [0.2, 0.25) is 0 Å². The fraction of sp³-hybridized carbons (Fsp3) is 0.118. The van der Waals surface area contributed by atoms with Crippen molar-refractivity contribution >= 4 is 23.1 Å². The number of hydrogen-bond acceptors (Lipinski definition) is 7. The summed E-state index contributed by atoms with van der Waals surface area (Å²) in [5.74, 6) is 2.61. The van der Waals surface area contributed by atoms with Gasteiger partial charge in [-0.1, -0.05) is 16.9 Å². The van der Waals surface area contributed by atoms with E-state index in [9.17, 15) is 0 Å². The summed E-state index contributed by atoms with van der Waals surface area (Å²) in [7, 11) is 1.66. The Morgan fingerprint density at radius 1 is 1.24 bits per heavy atom. The normalized spacial score (nSPS) is 10.9. The molecule has 0 unspecified atom stereocenters. The van der Waals surface area contributed by atoms with Crippen molar-refractivity contribution in [3.63, 3.8) is 0 Å². The minimum Gasteiger partial charge on any atom is -0.497 e. The smallest absolute Gasteiger partial charge is 0.258 e. The minimum absolute atomic E-state index is 0.551. The van der Waals surface area contributed by atoms with Gasteiger partial charge in [-0.3, -0.25) is 4.57 Å². The number of imidazole rings is 1. The molecule has 3 heterocycles. The van der Waals surface area contributed by atoms with Crippen molar-refractivity contribution in [3.8, 4) is 22.9 Å². The summed E-state index contributed by atoms with van der Waals surface area (Å²) in [6.07, 6.45) is 3.71. The third-order valence-corrected chi connectivity index (χ3v) is 5.17. The number of benzene rings is 1. The van der Waals surface area contributed by atoms with Crippen LogP contribution in [-0.2, 0) is 5.75 Å². The van der Waals surface area contributed by atoms with Crippen LogP contribution in [0.5, 0.6) is 5.75 Å². The van der Waals surface area contributed by atoms with E-state index in [4.69, 9.17) is 9.26 Å². The van der Waals surface area contributed by atoms with Gasteiger partial charge in [-0.2, -0.15) is 16.3 Å². The molecule has 0 bridgehead atoms. The second-order valence-corrected chi connectivity index (χ2v) is 6.82. The van der Waals surface area contributed by atoms with E-state index in [1.54, 1.807) is 36.4 Å². The molecule has 0 aliphatic carbocycles. The summed E-state index contributed by atoms with van der Waals surface area (Å²) in [5.41, 5.74) is 1.97. The predicted molar refractivity (Wildman–Crippen MR) is 97.3 cm³/mol. The van der Waals surface area contributed by atoms with Crippen LogP contribution in [0.4, 0.5) is 0 Å². The Labute approximate surface area is 152 Å². The Bertz CT molecular complexity index is 945. The molecule has 0 atom stereocenters. The SMILES string of the molecule is COc1ccc(-n2ccnc2SCc2noc(-c3ccsc3)n2)cc1. The van der Waals surface area contributed by atoms with E-state index < -0.39 is 0 Å². The molecular weight excluding hydrogens is 356 g/mol. The van der Waals surface area contributed by atoms with Gasteiger partial charge in [0, 0.05) is 23.5 Å². The lowest BCUT2D eigenvalue weighted by Gasteiger charge is -2.07. The van der Waals surface area contributed by atoms with Crippen molar-refractivity contribution in [1.29, 1.82) is 0 Å². The molecule has 0 spiro atoms. The second-order valence-electron chi connectivity index (χ2n) is 5.09. The highest BCUT2D eigenvalue weighted by molar-refractivity contribution is 7.98. The number of methoxy groups -OCH3 is 1. The van der Waals surface area contributed by atoms with E-state index in [0.717, 1.165) is 22.2 Å². The number of thiophene rings is 1. The molecule has 0 aliphatic heterocycles. The monoisotopic (exact) mass is 370 g/mol. The van der Waals surface area contributed by atoms with Crippen molar-refractivity contribution in [3.05, 3.63) is 59.3 Å². The maximum absolute atomic E-state index is 5.31. The molecule has 0 radical (unpaired) electrons. The highest BCUT2D eigenvalue weighted by Crippen LogP contribution is 2.26. The summed E-state index contributed by atoms with van der Waals surface area (Å²) in [5, 5.41) is 8.88. The van der Waals surface area contributed by atoms with Crippen molar-refractivity contribution in [1.82, 2.24) is 19.7 Å². The standard InChI is InChI=1S/C17H14N4O2S2/c1-22-14-4-2-13(3-5-14)21-8-7-18-17(21)25-11-15-19-16(23-20-15)12-6-9-24-10-12/h2-10H,11H2,1H3. The van der Waals surface area contributed by atoms with Crippen molar-refractivity contribution in [2.24, 2.45) is 0 Å². The van der Waals surface area contributed by atoms with Crippen LogP contribution in [0.3, 0.4) is 0 Å². The average molecular weight is 370 g/mol. The summed E-state index contributed by atoms with van der Waals surface area (Å²) in [6.45, 7) is 0. The molecule has 6 nitrogen and oxygen atoms in total. The summed E-state index contributed by atoms with van der Waals surface area (Å²) >= 11 is 3.16. The average Bonchev–Trinajstić information content (AvgIpc) is 3.40. The summed E-state index contributed by atoms with van der Waals surface area (Å²) < 4.78 is 12.5.